The number of nitrogens with zero attached hydrogens (tertiary/aromatic N) is 2. The molecule has 0 amide bonds. The molecule has 3 nitrogen and oxygen atoms in total. The summed E-state index contributed by atoms with van der Waals surface area (Å²) in [5.41, 5.74) is 4.19. The first kappa shape index (κ1) is 14.2. The highest BCUT2D eigenvalue weighted by Gasteiger charge is 2.17. The SMILES string of the molecule is Cn1cc(CN2CCc3ccccc3C2)c2ccccc2c1=O. The number of rotatable bonds is 2. The number of benzene rings is 2. The second-order valence-electron chi connectivity index (χ2n) is 6.35. The quantitative estimate of drug-likeness (QED) is 0.727. The third-order valence-electron chi connectivity index (χ3n) is 4.78. The summed E-state index contributed by atoms with van der Waals surface area (Å²) in [6, 6.07) is 16.6. The van der Waals surface area contributed by atoms with E-state index in [2.05, 4.69) is 35.2 Å². The molecule has 2 heterocycles. The van der Waals surface area contributed by atoms with E-state index in [0.29, 0.717) is 0 Å². The van der Waals surface area contributed by atoms with Crippen LogP contribution >= 0.6 is 0 Å². The minimum Gasteiger partial charge on any atom is -0.318 e. The summed E-state index contributed by atoms with van der Waals surface area (Å²) in [4.78, 5) is 14.8. The predicted octanol–water partition coefficient (Wildman–Crippen LogP) is 3.10. The van der Waals surface area contributed by atoms with Crippen molar-refractivity contribution in [2.45, 2.75) is 19.5 Å². The van der Waals surface area contributed by atoms with Crippen molar-refractivity contribution >= 4 is 10.8 Å². The molecule has 0 unspecified atom stereocenters. The van der Waals surface area contributed by atoms with Gasteiger partial charge in [-0.15, -0.1) is 0 Å². The lowest BCUT2D eigenvalue weighted by atomic mass is 9.99. The molecule has 0 aliphatic carbocycles. The van der Waals surface area contributed by atoms with E-state index in [1.54, 1.807) is 4.57 Å². The molecule has 3 aromatic rings. The van der Waals surface area contributed by atoms with Gasteiger partial charge in [0.2, 0.25) is 0 Å². The summed E-state index contributed by atoms with van der Waals surface area (Å²) in [6.07, 6.45) is 3.09. The summed E-state index contributed by atoms with van der Waals surface area (Å²) < 4.78 is 1.70. The van der Waals surface area contributed by atoms with Gasteiger partial charge in [-0.2, -0.15) is 0 Å². The normalized spacial score (nSPS) is 14.8. The highest BCUT2D eigenvalue weighted by Crippen LogP contribution is 2.22. The molecule has 0 saturated carbocycles. The molecule has 0 fully saturated rings. The van der Waals surface area contributed by atoms with Gasteiger partial charge in [0.1, 0.15) is 0 Å². The van der Waals surface area contributed by atoms with E-state index >= 15 is 0 Å². The van der Waals surface area contributed by atoms with Crippen LogP contribution in [0.25, 0.3) is 10.8 Å². The number of aryl methyl sites for hydroxylation is 1. The number of pyridine rings is 1. The second-order valence-corrected chi connectivity index (χ2v) is 6.35. The van der Waals surface area contributed by atoms with Gasteiger partial charge in [-0.3, -0.25) is 9.69 Å². The minimum absolute atomic E-state index is 0.0772. The molecule has 1 aliphatic heterocycles. The highest BCUT2D eigenvalue weighted by atomic mass is 16.1. The molecular formula is C20H20N2O. The molecular weight excluding hydrogens is 284 g/mol. The van der Waals surface area contributed by atoms with Crippen LogP contribution in [-0.4, -0.2) is 16.0 Å². The second kappa shape index (κ2) is 5.67. The van der Waals surface area contributed by atoms with Gasteiger partial charge in [-0.05, 0) is 34.6 Å². The van der Waals surface area contributed by atoms with E-state index < -0.39 is 0 Å². The first-order chi connectivity index (χ1) is 11.2. The first-order valence-electron chi connectivity index (χ1n) is 8.09. The van der Waals surface area contributed by atoms with Gasteiger partial charge in [0.05, 0.1) is 0 Å². The van der Waals surface area contributed by atoms with Gasteiger partial charge < -0.3 is 4.57 Å². The number of aromatic nitrogens is 1. The Kier molecular flexibility index (Phi) is 3.50. The van der Waals surface area contributed by atoms with Crippen molar-refractivity contribution in [3.63, 3.8) is 0 Å². The Labute approximate surface area is 135 Å². The maximum absolute atomic E-state index is 12.3. The van der Waals surface area contributed by atoms with Crippen molar-refractivity contribution in [1.29, 1.82) is 0 Å². The molecule has 23 heavy (non-hydrogen) atoms. The van der Waals surface area contributed by atoms with Crippen LogP contribution in [0.3, 0.4) is 0 Å². The average molecular weight is 304 g/mol. The van der Waals surface area contributed by atoms with Crippen molar-refractivity contribution < 1.29 is 0 Å². The van der Waals surface area contributed by atoms with Gasteiger partial charge in [0.15, 0.2) is 0 Å². The zero-order valence-corrected chi connectivity index (χ0v) is 13.3. The maximum Gasteiger partial charge on any atom is 0.258 e. The third-order valence-corrected chi connectivity index (χ3v) is 4.78. The summed E-state index contributed by atoms with van der Waals surface area (Å²) in [5, 5.41) is 1.89. The summed E-state index contributed by atoms with van der Waals surface area (Å²) in [7, 11) is 1.84. The van der Waals surface area contributed by atoms with E-state index in [1.165, 1.54) is 16.7 Å². The fourth-order valence-corrected chi connectivity index (χ4v) is 3.56. The van der Waals surface area contributed by atoms with Crippen LogP contribution in [0.1, 0.15) is 16.7 Å². The number of hydrogen-bond acceptors (Lipinski definition) is 2. The molecule has 116 valence electrons. The highest BCUT2D eigenvalue weighted by molar-refractivity contribution is 5.84. The Morgan fingerprint density at radius 3 is 2.48 bits per heavy atom. The van der Waals surface area contributed by atoms with E-state index in [4.69, 9.17) is 0 Å². The predicted molar refractivity (Wildman–Crippen MR) is 93.4 cm³/mol. The molecule has 0 saturated heterocycles. The number of hydrogen-bond donors (Lipinski definition) is 0. The molecule has 0 atom stereocenters. The summed E-state index contributed by atoms with van der Waals surface area (Å²) >= 11 is 0. The fourth-order valence-electron chi connectivity index (χ4n) is 3.56. The van der Waals surface area contributed by atoms with Crippen molar-refractivity contribution in [2.75, 3.05) is 6.54 Å². The van der Waals surface area contributed by atoms with Crippen molar-refractivity contribution in [3.05, 3.63) is 81.8 Å². The topological polar surface area (TPSA) is 25.2 Å². The fraction of sp³-hybridized carbons (Fsp3) is 0.250. The van der Waals surface area contributed by atoms with Gasteiger partial charge in [0, 0.05) is 38.3 Å². The molecule has 0 spiro atoms. The first-order valence-corrected chi connectivity index (χ1v) is 8.09. The summed E-state index contributed by atoms with van der Waals surface area (Å²) in [5.74, 6) is 0. The van der Waals surface area contributed by atoms with Crippen LogP contribution in [0, 0.1) is 0 Å². The Morgan fingerprint density at radius 1 is 0.957 bits per heavy atom. The molecule has 0 N–H and O–H groups in total. The Morgan fingerprint density at radius 2 is 1.65 bits per heavy atom. The summed E-state index contributed by atoms with van der Waals surface area (Å²) in [6.45, 7) is 2.92. The van der Waals surface area contributed by atoms with E-state index in [9.17, 15) is 4.79 Å². The Balaban J connectivity index is 1.69. The molecule has 1 aliphatic rings. The lowest BCUT2D eigenvalue weighted by Gasteiger charge is -2.29. The molecule has 0 bridgehead atoms. The van der Waals surface area contributed by atoms with E-state index in [-0.39, 0.29) is 5.56 Å². The van der Waals surface area contributed by atoms with Crippen LogP contribution in [0.2, 0.25) is 0 Å². The number of fused-ring (bicyclic) bond motifs is 2. The minimum atomic E-state index is 0.0772. The van der Waals surface area contributed by atoms with Crippen LogP contribution in [-0.2, 0) is 26.6 Å². The van der Waals surface area contributed by atoms with Gasteiger partial charge >= 0.3 is 0 Å². The van der Waals surface area contributed by atoms with Gasteiger partial charge in [-0.25, -0.2) is 0 Å². The largest absolute Gasteiger partial charge is 0.318 e. The monoisotopic (exact) mass is 304 g/mol. The van der Waals surface area contributed by atoms with Crippen LogP contribution < -0.4 is 5.56 Å². The van der Waals surface area contributed by atoms with E-state index in [1.807, 2.05) is 31.4 Å². The average Bonchev–Trinajstić information content (AvgIpc) is 2.59. The molecule has 1 aromatic heterocycles. The van der Waals surface area contributed by atoms with Crippen LogP contribution in [0.4, 0.5) is 0 Å². The third kappa shape index (κ3) is 2.57. The zero-order valence-electron chi connectivity index (χ0n) is 13.3. The van der Waals surface area contributed by atoms with Gasteiger partial charge in [0.25, 0.3) is 5.56 Å². The van der Waals surface area contributed by atoms with Crippen molar-refractivity contribution in [1.82, 2.24) is 9.47 Å². The molecule has 3 heteroatoms. The van der Waals surface area contributed by atoms with Crippen molar-refractivity contribution in [2.24, 2.45) is 7.05 Å². The van der Waals surface area contributed by atoms with E-state index in [0.717, 1.165) is 36.8 Å². The molecule has 4 rings (SSSR count). The Hall–Kier alpha value is -2.39. The maximum atomic E-state index is 12.3. The van der Waals surface area contributed by atoms with Crippen molar-refractivity contribution in [3.8, 4) is 0 Å². The Bertz CT molecular complexity index is 926. The smallest absolute Gasteiger partial charge is 0.258 e. The lowest BCUT2D eigenvalue weighted by Crippen LogP contribution is -2.30. The molecule has 2 aromatic carbocycles. The van der Waals surface area contributed by atoms with Crippen LogP contribution in [0.5, 0.6) is 0 Å². The standard InChI is InChI=1S/C20H20N2O/c1-21-12-17(18-8-4-5-9-19(18)20(21)23)14-22-11-10-15-6-2-3-7-16(15)13-22/h2-9,12H,10-11,13-14H2,1H3. The van der Waals surface area contributed by atoms with Crippen LogP contribution in [0.15, 0.2) is 59.5 Å². The molecule has 0 radical (unpaired) electrons. The zero-order chi connectivity index (χ0) is 15.8. The van der Waals surface area contributed by atoms with Gasteiger partial charge in [-0.1, -0.05) is 42.5 Å². The lowest BCUT2D eigenvalue weighted by molar-refractivity contribution is 0.246.